The summed E-state index contributed by atoms with van der Waals surface area (Å²) in [4.78, 5) is 24.8. The van der Waals surface area contributed by atoms with Gasteiger partial charge >= 0.3 is 5.97 Å². The first kappa shape index (κ1) is 21.2. The van der Waals surface area contributed by atoms with Crippen LogP contribution in [0.15, 0.2) is 53.4 Å². The van der Waals surface area contributed by atoms with Gasteiger partial charge in [0.15, 0.2) is 12.4 Å². The van der Waals surface area contributed by atoms with Gasteiger partial charge in [0, 0.05) is 18.7 Å². The minimum Gasteiger partial charge on any atom is -0.454 e. The molecule has 0 bridgehead atoms. The molecule has 29 heavy (non-hydrogen) atoms. The van der Waals surface area contributed by atoms with Gasteiger partial charge in [-0.3, -0.25) is 4.79 Å². The van der Waals surface area contributed by atoms with Crippen LogP contribution in [0.1, 0.15) is 52.5 Å². The van der Waals surface area contributed by atoms with Crippen molar-refractivity contribution in [1.82, 2.24) is 4.31 Å². The van der Waals surface area contributed by atoms with E-state index < -0.39 is 22.6 Å². The largest absolute Gasteiger partial charge is 0.454 e. The van der Waals surface area contributed by atoms with E-state index in [9.17, 15) is 18.0 Å². The number of hydrogen-bond donors (Lipinski definition) is 0. The summed E-state index contributed by atoms with van der Waals surface area (Å²) in [6.07, 6.45) is 3.47. The molecular weight excluding hydrogens is 390 g/mol. The molecule has 0 unspecified atom stereocenters. The Morgan fingerprint density at radius 2 is 1.62 bits per heavy atom. The molecule has 1 saturated heterocycles. The highest BCUT2D eigenvalue weighted by Gasteiger charge is 2.30. The maximum absolute atomic E-state index is 13.0. The number of ketones is 1. The number of nitrogens with zero attached hydrogens (tertiary/aromatic N) is 1. The highest BCUT2D eigenvalue weighted by molar-refractivity contribution is 7.89. The van der Waals surface area contributed by atoms with Crippen molar-refractivity contribution < 1.29 is 22.7 Å². The van der Waals surface area contributed by atoms with Crippen molar-refractivity contribution in [3.63, 3.8) is 0 Å². The number of sulfonamides is 1. The van der Waals surface area contributed by atoms with Crippen molar-refractivity contribution in [2.75, 3.05) is 19.7 Å². The zero-order valence-electron chi connectivity index (χ0n) is 16.5. The number of aryl methyl sites for hydroxylation is 1. The van der Waals surface area contributed by atoms with Crippen LogP contribution in [0.25, 0.3) is 0 Å². The van der Waals surface area contributed by atoms with Crippen LogP contribution < -0.4 is 0 Å². The van der Waals surface area contributed by atoms with Crippen molar-refractivity contribution in [2.45, 2.75) is 37.5 Å². The first-order valence-electron chi connectivity index (χ1n) is 9.82. The number of carbonyl (C=O) groups is 2. The lowest BCUT2D eigenvalue weighted by molar-refractivity contribution is 0.0471. The number of carbonyl (C=O) groups excluding carboxylic acids is 2. The fraction of sp³-hybridized carbons (Fsp3) is 0.364. The minimum absolute atomic E-state index is 0.0489. The summed E-state index contributed by atoms with van der Waals surface area (Å²) in [7, 11) is -3.79. The first-order chi connectivity index (χ1) is 13.9. The van der Waals surface area contributed by atoms with E-state index in [1.54, 1.807) is 24.3 Å². The van der Waals surface area contributed by atoms with E-state index in [0.717, 1.165) is 31.2 Å². The summed E-state index contributed by atoms with van der Waals surface area (Å²) in [6, 6.07) is 13.1. The molecule has 0 aromatic heterocycles. The van der Waals surface area contributed by atoms with E-state index in [2.05, 4.69) is 0 Å². The molecule has 0 radical (unpaired) electrons. The highest BCUT2D eigenvalue weighted by atomic mass is 32.2. The molecule has 7 heteroatoms. The van der Waals surface area contributed by atoms with E-state index in [-0.39, 0.29) is 16.2 Å². The fourth-order valence-corrected chi connectivity index (χ4v) is 5.02. The van der Waals surface area contributed by atoms with Crippen LogP contribution in [-0.2, 0) is 21.2 Å². The quantitative estimate of drug-likeness (QED) is 0.511. The van der Waals surface area contributed by atoms with Crippen LogP contribution in [0, 0.1) is 0 Å². The van der Waals surface area contributed by atoms with Crippen molar-refractivity contribution in [3.8, 4) is 0 Å². The third kappa shape index (κ3) is 4.92. The predicted molar refractivity (Wildman–Crippen MR) is 109 cm³/mol. The van der Waals surface area contributed by atoms with E-state index in [4.69, 9.17) is 4.74 Å². The molecule has 154 valence electrons. The lowest BCUT2D eigenvalue weighted by Gasteiger charge is -2.26. The predicted octanol–water partition coefficient (Wildman–Crippen LogP) is 3.46. The Hall–Kier alpha value is -2.51. The van der Waals surface area contributed by atoms with Crippen LogP contribution in [-0.4, -0.2) is 44.2 Å². The molecule has 0 aliphatic carbocycles. The number of esters is 1. The van der Waals surface area contributed by atoms with Crippen molar-refractivity contribution in [1.29, 1.82) is 0 Å². The average molecular weight is 416 g/mol. The standard InChI is InChI=1S/C22H25NO5S/c1-2-17-10-12-18(13-11-17)20(24)16-28-22(25)19-8-4-5-9-21(19)29(26,27)23-14-6-3-7-15-23/h4-5,8-13H,2-3,6-7,14-16H2,1H3. The maximum Gasteiger partial charge on any atom is 0.339 e. The van der Waals surface area contributed by atoms with Gasteiger partial charge in [0.05, 0.1) is 10.5 Å². The Labute approximate surface area is 171 Å². The molecule has 1 heterocycles. The van der Waals surface area contributed by atoms with Gasteiger partial charge in [-0.05, 0) is 37.0 Å². The second-order valence-electron chi connectivity index (χ2n) is 7.01. The van der Waals surface area contributed by atoms with Gasteiger partial charge in [-0.2, -0.15) is 4.31 Å². The van der Waals surface area contributed by atoms with Crippen LogP contribution in [0.3, 0.4) is 0 Å². The lowest BCUT2D eigenvalue weighted by Crippen LogP contribution is -2.36. The zero-order chi connectivity index (χ0) is 20.9. The molecule has 0 amide bonds. The Morgan fingerprint density at radius 3 is 2.28 bits per heavy atom. The molecule has 1 aliphatic rings. The molecule has 6 nitrogen and oxygen atoms in total. The Kier molecular flexibility index (Phi) is 6.82. The van der Waals surface area contributed by atoms with Gasteiger partial charge in [-0.25, -0.2) is 13.2 Å². The molecule has 1 aliphatic heterocycles. The minimum atomic E-state index is -3.79. The number of ether oxygens (including phenoxy) is 1. The molecule has 0 spiro atoms. The Morgan fingerprint density at radius 1 is 0.966 bits per heavy atom. The Balaban J connectivity index is 1.73. The summed E-state index contributed by atoms with van der Waals surface area (Å²) >= 11 is 0. The topological polar surface area (TPSA) is 80.8 Å². The third-order valence-corrected chi connectivity index (χ3v) is 7.02. The molecule has 2 aromatic carbocycles. The van der Waals surface area contributed by atoms with Crippen LogP contribution in [0.2, 0.25) is 0 Å². The van der Waals surface area contributed by atoms with Crippen molar-refractivity contribution >= 4 is 21.8 Å². The average Bonchev–Trinajstić information content (AvgIpc) is 2.77. The van der Waals surface area contributed by atoms with Gasteiger partial charge in [0.25, 0.3) is 0 Å². The third-order valence-electron chi connectivity index (χ3n) is 5.06. The number of rotatable bonds is 7. The second kappa shape index (κ2) is 9.33. The zero-order valence-corrected chi connectivity index (χ0v) is 17.3. The number of benzene rings is 2. The fourth-order valence-electron chi connectivity index (χ4n) is 3.32. The molecule has 1 fully saturated rings. The second-order valence-corrected chi connectivity index (χ2v) is 8.92. The van der Waals surface area contributed by atoms with Crippen molar-refractivity contribution in [2.24, 2.45) is 0 Å². The van der Waals surface area contributed by atoms with E-state index in [1.807, 2.05) is 19.1 Å². The summed E-state index contributed by atoms with van der Waals surface area (Å²) in [5.41, 5.74) is 1.51. The van der Waals surface area contributed by atoms with E-state index in [0.29, 0.717) is 18.7 Å². The highest BCUT2D eigenvalue weighted by Crippen LogP contribution is 2.24. The SMILES string of the molecule is CCc1ccc(C(=O)COC(=O)c2ccccc2S(=O)(=O)N2CCCCC2)cc1. The van der Waals surface area contributed by atoms with Crippen LogP contribution in [0.4, 0.5) is 0 Å². The van der Waals surface area contributed by atoms with Crippen LogP contribution in [0.5, 0.6) is 0 Å². The molecular formula is C22H25NO5S. The van der Waals surface area contributed by atoms with Gasteiger partial charge in [0.1, 0.15) is 0 Å². The summed E-state index contributed by atoms with van der Waals surface area (Å²) in [6.45, 7) is 2.46. The Bertz CT molecular complexity index is 977. The van der Waals surface area contributed by atoms with Crippen LogP contribution >= 0.6 is 0 Å². The first-order valence-corrected chi connectivity index (χ1v) is 11.3. The number of piperidine rings is 1. The van der Waals surface area contributed by atoms with Crippen molar-refractivity contribution in [3.05, 3.63) is 65.2 Å². The number of Topliss-reactive ketones (excluding diaryl/α,β-unsaturated/α-hetero) is 1. The monoisotopic (exact) mass is 415 g/mol. The molecule has 3 rings (SSSR count). The molecule has 0 atom stereocenters. The van der Waals surface area contributed by atoms with E-state index in [1.165, 1.54) is 16.4 Å². The normalized spacial score (nSPS) is 15.1. The summed E-state index contributed by atoms with van der Waals surface area (Å²) in [5.74, 6) is -1.16. The maximum atomic E-state index is 13.0. The number of hydrogen-bond acceptors (Lipinski definition) is 5. The van der Waals surface area contributed by atoms with E-state index >= 15 is 0 Å². The molecule has 0 saturated carbocycles. The van der Waals surface area contributed by atoms with Gasteiger partial charge in [-0.1, -0.05) is 49.7 Å². The van der Waals surface area contributed by atoms with Gasteiger partial charge in [-0.15, -0.1) is 0 Å². The lowest BCUT2D eigenvalue weighted by atomic mass is 10.1. The smallest absolute Gasteiger partial charge is 0.339 e. The summed E-state index contributed by atoms with van der Waals surface area (Å²) < 4.78 is 32.5. The molecule has 0 N–H and O–H groups in total. The van der Waals surface area contributed by atoms with Gasteiger partial charge < -0.3 is 4.74 Å². The molecule has 2 aromatic rings. The summed E-state index contributed by atoms with van der Waals surface area (Å²) in [5, 5.41) is 0. The van der Waals surface area contributed by atoms with Gasteiger partial charge in [0.2, 0.25) is 10.0 Å².